The first-order valence-electron chi connectivity index (χ1n) is 11.8. The maximum atomic E-state index is 13.6. The number of Topliss-reactive ketones (excluding diaryl/α,β-unsaturated/α-hetero) is 1. The lowest BCUT2D eigenvalue weighted by molar-refractivity contribution is -0.143. The Morgan fingerprint density at radius 1 is 1.03 bits per heavy atom. The van der Waals surface area contributed by atoms with Gasteiger partial charge < -0.3 is 10.1 Å². The molecule has 0 aliphatic heterocycles. The molecule has 0 radical (unpaired) electrons. The van der Waals surface area contributed by atoms with E-state index in [9.17, 15) is 19.2 Å². The van der Waals surface area contributed by atoms with Crippen LogP contribution in [0.1, 0.15) is 69.8 Å². The summed E-state index contributed by atoms with van der Waals surface area (Å²) in [6.07, 6.45) is 1.51. The zero-order chi connectivity index (χ0) is 24.9. The Labute approximate surface area is 203 Å². The Hall–Kier alpha value is -4.00. The van der Waals surface area contributed by atoms with Crippen molar-refractivity contribution in [3.63, 3.8) is 0 Å². The molecule has 0 bridgehead atoms. The van der Waals surface area contributed by atoms with E-state index in [4.69, 9.17) is 4.74 Å². The zero-order valence-electron chi connectivity index (χ0n) is 19.9. The zero-order valence-corrected chi connectivity index (χ0v) is 19.9. The summed E-state index contributed by atoms with van der Waals surface area (Å²) in [6, 6.07) is 17.1. The summed E-state index contributed by atoms with van der Waals surface area (Å²) < 4.78 is 6.56. The number of rotatable bonds is 7. The van der Waals surface area contributed by atoms with Crippen LogP contribution < -0.4 is 10.9 Å². The minimum absolute atomic E-state index is 0.0839. The van der Waals surface area contributed by atoms with Crippen molar-refractivity contribution >= 4 is 17.7 Å². The molecule has 4 rings (SSSR count). The number of amides is 1. The summed E-state index contributed by atoms with van der Waals surface area (Å²) in [5.74, 6) is -1.19. The van der Waals surface area contributed by atoms with E-state index in [-0.39, 0.29) is 24.4 Å². The Bertz CT molecular complexity index is 1310. The van der Waals surface area contributed by atoms with Gasteiger partial charge in [0.25, 0.3) is 11.5 Å². The van der Waals surface area contributed by atoms with E-state index >= 15 is 0 Å². The molecule has 1 aliphatic carbocycles. The van der Waals surface area contributed by atoms with E-state index < -0.39 is 23.5 Å². The third-order valence-electron chi connectivity index (χ3n) is 6.14. The number of ketones is 1. The number of carbonyl (C=O) groups excluding carboxylic acids is 3. The third kappa shape index (κ3) is 5.24. The Kier molecular flexibility index (Phi) is 7.25. The van der Waals surface area contributed by atoms with Crippen molar-refractivity contribution in [3.05, 3.63) is 99.0 Å². The molecule has 3 aromatic rings. The molecule has 0 saturated heterocycles. The van der Waals surface area contributed by atoms with Gasteiger partial charge in [-0.25, -0.2) is 0 Å². The first kappa shape index (κ1) is 24.1. The lowest BCUT2D eigenvalue weighted by Crippen LogP contribution is -2.38. The van der Waals surface area contributed by atoms with Gasteiger partial charge in [0.1, 0.15) is 5.56 Å². The number of ether oxygens (including phenoxy) is 1. The minimum atomic E-state index is -0.696. The van der Waals surface area contributed by atoms with Crippen molar-refractivity contribution in [2.75, 3.05) is 6.61 Å². The molecule has 180 valence electrons. The highest BCUT2D eigenvalue weighted by molar-refractivity contribution is 6.02. The van der Waals surface area contributed by atoms with Gasteiger partial charge in [0.15, 0.2) is 5.78 Å². The number of hydrogen-bond donors (Lipinski definition) is 1. The molecule has 1 atom stereocenters. The summed E-state index contributed by atoms with van der Waals surface area (Å²) in [6.45, 7) is 3.88. The van der Waals surface area contributed by atoms with E-state index in [1.54, 1.807) is 31.2 Å². The van der Waals surface area contributed by atoms with E-state index in [2.05, 4.69) is 5.32 Å². The summed E-state index contributed by atoms with van der Waals surface area (Å²) >= 11 is 0. The van der Waals surface area contributed by atoms with Gasteiger partial charge in [0.05, 0.1) is 19.1 Å². The number of pyridine rings is 1. The lowest BCUT2D eigenvalue weighted by Gasteiger charge is -2.23. The molecule has 7 nitrogen and oxygen atoms in total. The van der Waals surface area contributed by atoms with Crippen LogP contribution in [-0.4, -0.2) is 28.8 Å². The Morgan fingerprint density at radius 3 is 2.43 bits per heavy atom. The van der Waals surface area contributed by atoms with Crippen LogP contribution in [0.4, 0.5) is 0 Å². The fourth-order valence-electron chi connectivity index (χ4n) is 4.38. The van der Waals surface area contributed by atoms with E-state index in [0.717, 1.165) is 11.1 Å². The van der Waals surface area contributed by atoms with Gasteiger partial charge >= 0.3 is 5.97 Å². The molecular formula is C28H28N2O5. The quantitative estimate of drug-likeness (QED) is 0.523. The largest absolute Gasteiger partial charge is 0.466 e. The second-order valence-corrected chi connectivity index (χ2v) is 8.62. The molecule has 35 heavy (non-hydrogen) atoms. The van der Waals surface area contributed by atoms with Crippen LogP contribution in [0.5, 0.6) is 0 Å². The maximum absolute atomic E-state index is 13.6. The molecular weight excluding hydrogens is 444 g/mol. The second-order valence-electron chi connectivity index (χ2n) is 8.62. The standard InChI is InChI=1S/C28H28N2O5/c1-3-35-26(32)17-23(19-14-12-18(2)13-15-19)29-27(33)22-16-21-24(10-7-11-25(21)31)30(28(22)34)20-8-5-4-6-9-20/h4-6,8-9,12-16,23H,3,7,10-11,17H2,1-2H3,(H,29,33). The minimum Gasteiger partial charge on any atom is -0.466 e. The Morgan fingerprint density at radius 2 is 1.74 bits per heavy atom. The first-order chi connectivity index (χ1) is 16.9. The monoisotopic (exact) mass is 472 g/mol. The van der Waals surface area contributed by atoms with Gasteiger partial charge in [0.2, 0.25) is 0 Å². The summed E-state index contributed by atoms with van der Waals surface area (Å²) in [5.41, 5.74) is 2.73. The summed E-state index contributed by atoms with van der Waals surface area (Å²) in [7, 11) is 0. The predicted octanol–water partition coefficient (Wildman–Crippen LogP) is 4.09. The number of esters is 1. The highest BCUT2D eigenvalue weighted by Crippen LogP contribution is 2.24. The predicted molar refractivity (Wildman–Crippen MR) is 132 cm³/mol. The number of aromatic nitrogens is 1. The van der Waals surface area contributed by atoms with Crippen molar-refractivity contribution in [3.8, 4) is 5.69 Å². The molecule has 0 fully saturated rings. The molecule has 7 heteroatoms. The molecule has 1 aliphatic rings. The maximum Gasteiger partial charge on any atom is 0.308 e. The normalized spacial score (nSPS) is 13.6. The van der Waals surface area contributed by atoms with Crippen molar-refractivity contribution in [2.45, 2.75) is 45.6 Å². The second kappa shape index (κ2) is 10.5. The number of nitrogens with one attached hydrogen (secondary N) is 1. The van der Waals surface area contributed by atoms with Gasteiger partial charge in [-0.3, -0.25) is 23.7 Å². The van der Waals surface area contributed by atoms with E-state index in [1.807, 2.05) is 37.3 Å². The van der Waals surface area contributed by atoms with Gasteiger partial charge in [-0.15, -0.1) is 0 Å². The van der Waals surface area contributed by atoms with Crippen LogP contribution in [-0.2, 0) is 16.0 Å². The number of fused-ring (bicyclic) bond motifs is 1. The molecule has 1 heterocycles. The summed E-state index contributed by atoms with van der Waals surface area (Å²) in [4.78, 5) is 52.0. The van der Waals surface area contributed by atoms with Crippen molar-refractivity contribution in [1.29, 1.82) is 0 Å². The van der Waals surface area contributed by atoms with Gasteiger partial charge in [-0.05, 0) is 50.5 Å². The number of hydrogen-bond acceptors (Lipinski definition) is 5. The molecule has 0 saturated carbocycles. The van der Waals surface area contributed by atoms with Gasteiger partial charge in [-0.2, -0.15) is 0 Å². The average Bonchev–Trinajstić information content (AvgIpc) is 2.84. The molecule has 0 spiro atoms. The number of carbonyl (C=O) groups is 3. The van der Waals surface area contributed by atoms with Gasteiger partial charge in [0, 0.05) is 23.4 Å². The van der Waals surface area contributed by atoms with Gasteiger partial charge in [-0.1, -0.05) is 48.0 Å². The fraction of sp³-hybridized carbons (Fsp3) is 0.286. The molecule has 1 aromatic heterocycles. The van der Waals surface area contributed by atoms with Crippen molar-refractivity contribution in [2.24, 2.45) is 0 Å². The van der Waals surface area contributed by atoms with E-state index in [0.29, 0.717) is 36.2 Å². The third-order valence-corrected chi connectivity index (χ3v) is 6.14. The molecule has 1 amide bonds. The number of nitrogens with zero attached hydrogens (tertiary/aromatic N) is 1. The molecule has 2 aromatic carbocycles. The van der Waals surface area contributed by atoms with Crippen LogP contribution in [0.3, 0.4) is 0 Å². The van der Waals surface area contributed by atoms with Crippen LogP contribution in [0.15, 0.2) is 65.5 Å². The average molecular weight is 473 g/mol. The highest BCUT2D eigenvalue weighted by Gasteiger charge is 2.28. The SMILES string of the molecule is CCOC(=O)CC(NC(=O)c1cc2c(n(-c3ccccc3)c1=O)CCCC2=O)c1ccc(C)cc1. The van der Waals surface area contributed by atoms with Crippen LogP contribution >= 0.6 is 0 Å². The lowest BCUT2D eigenvalue weighted by atomic mass is 9.92. The number of para-hydroxylation sites is 1. The Balaban J connectivity index is 1.76. The van der Waals surface area contributed by atoms with Crippen molar-refractivity contribution in [1.82, 2.24) is 9.88 Å². The topological polar surface area (TPSA) is 94.5 Å². The van der Waals surface area contributed by atoms with E-state index in [1.165, 1.54) is 10.6 Å². The van der Waals surface area contributed by atoms with Crippen LogP contribution in [0.2, 0.25) is 0 Å². The van der Waals surface area contributed by atoms with Crippen LogP contribution in [0, 0.1) is 6.92 Å². The van der Waals surface area contributed by atoms with Crippen LogP contribution in [0.25, 0.3) is 5.69 Å². The molecule has 1 unspecified atom stereocenters. The first-order valence-corrected chi connectivity index (χ1v) is 11.8. The number of benzene rings is 2. The number of aryl methyl sites for hydroxylation is 1. The molecule has 1 N–H and O–H groups in total. The highest BCUT2D eigenvalue weighted by atomic mass is 16.5. The fourth-order valence-corrected chi connectivity index (χ4v) is 4.38. The van der Waals surface area contributed by atoms with Crippen molar-refractivity contribution < 1.29 is 19.1 Å². The summed E-state index contributed by atoms with van der Waals surface area (Å²) in [5, 5.41) is 2.84. The smallest absolute Gasteiger partial charge is 0.308 e.